The molecule has 0 spiro atoms. The lowest BCUT2D eigenvalue weighted by Gasteiger charge is -2.33. The summed E-state index contributed by atoms with van der Waals surface area (Å²) in [6, 6.07) is 16.7. The number of hydrogen-bond acceptors (Lipinski definition) is 4. The van der Waals surface area contributed by atoms with E-state index in [4.69, 9.17) is 23.2 Å². The molecule has 0 aliphatic rings. The lowest BCUT2D eigenvalue weighted by molar-refractivity contribution is -0.140. The van der Waals surface area contributed by atoms with Crippen molar-refractivity contribution in [3.05, 3.63) is 76.3 Å². The SMILES string of the molecule is CCC(C(=O)NC)N(Cc1c(Cl)cccc1Cl)C(=O)CN(c1cccc2ccccc12)S(C)(=O)=O. The fourth-order valence-corrected chi connectivity index (χ4v) is 5.34. The summed E-state index contributed by atoms with van der Waals surface area (Å²) in [4.78, 5) is 27.7. The number of nitrogens with zero attached hydrogens (tertiary/aromatic N) is 2. The van der Waals surface area contributed by atoms with Crippen LogP contribution in [0.3, 0.4) is 0 Å². The number of carbonyl (C=O) groups excluding carboxylic acids is 2. The largest absolute Gasteiger partial charge is 0.357 e. The van der Waals surface area contributed by atoms with Gasteiger partial charge in [-0.15, -0.1) is 0 Å². The van der Waals surface area contributed by atoms with Crippen molar-refractivity contribution in [2.24, 2.45) is 0 Å². The third-order valence-electron chi connectivity index (χ3n) is 5.74. The second-order valence-corrected chi connectivity index (χ2v) is 10.7. The predicted octanol–water partition coefficient (Wildman–Crippen LogP) is 4.47. The number of hydrogen-bond donors (Lipinski definition) is 1. The van der Waals surface area contributed by atoms with Crippen LogP contribution in [0.2, 0.25) is 10.0 Å². The number of amides is 2. The first-order valence-corrected chi connectivity index (χ1v) is 13.6. The van der Waals surface area contributed by atoms with Crippen LogP contribution >= 0.6 is 23.2 Å². The highest BCUT2D eigenvalue weighted by Crippen LogP contribution is 2.30. The summed E-state index contributed by atoms with van der Waals surface area (Å²) < 4.78 is 26.8. The molecule has 0 saturated heterocycles. The molecule has 0 radical (unpaired) electrons. The lowest BCUT2D eigenvalue weighted by Crippen LogP contribution is -2.51. The van der Waals surface area contributed by atoms with Gasteiger partial charge in [0.2, 0.25) is 21.8 Å². The maximum atomic E-state index is 13.7. The first kappa shape index (κ1) is 26.8. The first-order valence-electron chi connectivity index (χ1n) is 11.0. The summed E-state index contributed by atoms with van der Waals surface area (Å²) in [6.07, 6.45) is 1.36. The Bertz CT molecular complexity index is 1320. The number of rotatable bonds is 9. The summed E-state index contributed by atoms with van der Waals surface area (Å²) in [5.41, 5.74) is 0.852. The van der Waals surface area contributed by atoms with E-state index < -0.39 is 28.5 Å². The number of fused-ring (bicyclic) bond motifs is 1. The normalized spacial score (nSPS) is 12.3. The molecule has 0 heterocycles. The van der Waals surface area contributed by atoms with Gasteiger partial charge >= 0.3 is 0 Å². The van der Waals surface area contributed by atoms with E-state index in [9.17, 15) is 18.0 Å². The Morgan fingerprint density at radius 2 is 1.57 bits per heavy atom. The Kier molecular flexibility index (Phi) is 8.64. The third-order valence-corrected chi connectivity index (χ3v) is 7.57. The molecular weight excluding hydrogens is 509 g/mol. The third kappa shape index (κ3) is 6.07. The monoisotopic (exact) mass is 535 g/mol. The van der Waals surface area contributed by atoms with Gasteiger partial charge in [-0.05, 0) is 30.0 Å². The zero-order valence-corrected chi connectivity index (χ0v) is 22.0. The molecule has 3 aromatic rings. The van der Waals surface area contributed by atoms with Crippen LogP contribution in [0.15, 0.2) is 60.7 Å². The van der Waals surface area contributed by atoms with E-state index in [1.54, 1.807) is 49.4 Å². The van der Waals surface area contributed by atoms with Crippen molar-refractivity contribution in [1.82, 2.24) is 10.2 Å². The second-order valence-electron chi connectivity index (χ2n) is 8.03. The van der Waals surface area contributed by atoms with Crippen molar-refractivity contribution >= 4 is 61.5 Å². The highest BCUT2D eigenvalue weighted by molar-refractivity contribution is 7.92. The smallest absolute Gasteiger partial charge is 0.244 e. The first-order chi connectivity index (χ1) is 16.6. The molecule has 2 amide bonds. The molecule has 1 N–H and O–H groups in total. The maximum absolute atomic E-state index is 13.7. The van der Waals surface area contributed by atoms with Gasteiger partial charge in [0.05, 0.1) is 11.9 Å². The molecule has 3 aromatic carbocycles. The van der Waals surface area contributed by atoms with Gasteiger partial charge in [0, 0.05) is 34.6 Å². The molecule has 0 aromatic heterocycles. The second kappa shape index (κ2) is 11.3. The van der Waals surface area contributed by atoms with Crippen LogP contribution in [-0.4, -0.2) is 51.0 Å². The minimum absolute atomic E-state index is 0.0591. The minimum Gasteiger partial charge on any atom is -0.357 e. The van der Waals surface area contributed by atoms with Crippen LogP contribution in [0.1, 0.15) is 18.9 Å². The van der Waals surface area contributed by atoms with Gasteiger partial charge < -0.3 is 10.2 Å². The summed E-state index contributed by atoms with van der Waals surface area (Å²) >= 11 is 12.7. The average Bonchev–Trinajstić information content (AvgIpc) is 2.82. The fraction of sp³-hybridized carbons (Fsp3) is 0.280. The predicted molar refractivity (Wildman–Crippen MR) is 141 cm³/mol. The van der Waals surface area contributed by atoms with Crippen LogP contribution in [0.4, 0.5) is 5.69 Å². The number of anilines is 1. The van der Waals surface area contributed by atoms with Gasteiger partial charge in [-0.1, -0.05) is 72.6 Å². The van der Waals surface area contributed by atoms with E-state index in [1.807, 2.05) is 18.2 Å². The zero-order chi connectivity index (χ0) is 25.8. The van der Waals surface area contributed by atoms with Crippen molar-refractivity contribution in [2.45, 2.75) is 25.9 Å². The number of sulfonamides is 1. The van der Waals surface area contributed by atoms with Gasteiger partial charge in [-0.3, -0.25) is 13.9 Å². The highest BCUT2D eigenvalue weighted by atomic mass is 35.5. The summed E-state index contributed by atoms with van der Waals surface area (Å²) in [5.74, 6) is -0.935. The van der Waals surface area contributed by atoms with Crippen molar-refractivity contribution in [1.29, 1.82) is 0 Å². The molecule has 0 aliphatic heterocycles. The Balaban J connectivity index is 2.07. The molecule has 1 atom stereocenters. The number of carbonyl (C=O) groups is 2. The number of nitrogens with one attached hydrogen (secondary N) is 1. The molecule has 186 valence electrons. The van der Waals surface area contributed by atoms with Crippen molar-refractivity contribution in [3.8, 4) is 0 Å². The topological polar surface area (TPSA) is 86.8 Å². The van der Waals surface area contributed by atoms with E-state index in [1.165, 1.54) is 11.9 Å². The molecule has 7 nitrogen and oxygen atoms in total. The summed E-state index contributed by atoms with van der Waals surface area (Å²) in [7, 11) is -2.37. The van der Waals surface area contributed by atoms with Crippen LogP contribution in [0.5, 0.6) is 0 Å². The Labute approximate surface area is 215 Å². The molecule has 10 heteroatoms. The number of benzene rings is 3. The lowest BCUT2D eigenvalue weighted by atomic mass is 10.1. The Morgan fingerprint density at radius 1 is 0.971 bits per heavy atom. The standard InChI is InChI=1S/C25H27Cl2N3O4S/c1-4-22(25(32)28-2)29(15-19-20(26)12-8-13-21(19)27)24(31)16-30(35(3,33)34)23-14-7-10-17-9-5-6-11-18(17)23/h5-14,22H,4,15-16H2,1-3H3,(H,28,32). The average molecular weight is 536 g/mol. The van der Waals surface area contributed by atoms with Crippen LogP contribution < -0.4 is 9.62 Å². The zero-order valence-electron chi connectivity index (χ0n) is 19.7. The molecule has 0 bridgehead atoms. The minimum atomic E-state index is -3.85. The molecule has 3 rings (SSSR count). The van der Waals surface area contributed by atoms with Crippen molar-refractivity contribution in [2.75, 3.05) is 24.2 Å². The molecule has 0 aliphatic carbocycles. The summed E-state index contributed by atoms with van der Waals surface area (Å²) in [6.45, 7) is 1.21. The van der Waals surface area contributed by atoms with Gasteiger partial charge in [0.25, 0.3) is 0 Å². The van der Waals surface area contributed by atoms with Crippen LogP contribution in [0, 0.1) is 0 Å². The maximum Gasteiger partial charge on any atom is 0.244 e. The van der Waals surface area contributed by atoms with Crippen molar-refractivity contribution < 1.29 is 18.0 Å². The Hall–Kier alpha value is -2.81. The van der Waals surface area contributed by atoms with Crippen LogP contribution in [0.25, 0.3) is 10.8 Å². The van der Waals surface area contributed by atoms with E-state index in [-0.39, 0.29) is 12.5 Å². The van der Waals surface area contributed by atoms with Gasteiger partial charge in [-0.2, -0.15) is 0 Å². The van der Waals surface area contributed by atoms with Crippen LogP contribution in [-0.2, 0) is 26.2 Å². The van der Waals surface area contributed by atoms with E-state index in [0.717, 1.165) is 15.9 Å². The van der Waals surface area contributed by atoms with Gasteiger partial charge in [-0.25, -0.2) is 8.42 Å². The summed E-state index contributed by atoms with van der Waals surface area (Å²) in [5, 5.41) is 4.79. The molecular formula is C25H27Cl2N3O4S. The van der Waals surface area contributed by atoms with Gasteiger partial charge in [0.15, 0.2) is 0 Å². The quantitative estimate of drug-likeness (QED) is 0.438. The number of likely N-dealkylation sites (N-methyl/N-ethyl adjacent to an activating group) is 1. The molecule has 1 unspecified atom stereocenters. The van der Waals surface area contributed by atoms with Gasteiger partial charge in [0.1, 0.15) is 12.6 Å². The number of halogens is 2. The molecule has 0 saturated carbocycles. The van der Waals surface area contributed by atoms with E-state index >= 15 is 0 Å². The fourth-order valence-electron chi connectivity index (χ4n) is 3.96. The Morgan fingerprint density at radius 3 is 2.17 bits per heavy atom. The van der Waals surface area contributed by atoms with E-state index in [0.29, 0.717) is 33.1 Å². The van der Waals surface area contributed by atoms with E-state index in [2.05, 4.69) is 5.32 Å². The molecule has 35 heavy (non-hydrogen) atoms. The highest BCUT2D eigenvalue weighted by Gasteiger charge is 2.32. The van der Waals surface area contributed by atoms with Crippen molar-refractivity contribution in [3.63, 3.8) is 0 Å². The molecule has 0 fully saturated rings.